The van der Waals surface area contributed by atoms with E-state index < -0.39 is 5.41 Å². The van der Waals surface area contributed by atoms with Gasteiger partial charge in [-0.25, -0.2) is 5.43 Å². The van der Waals surface area contributed by atoms with Crippen molar-refractivity contribution in [2.45, 2.75) is 43.3 Å². The van der Waals surface area contributed by atoms with E-state index in [0.717, 1.165) is 48.4 Å². The van der Waals surface area contributed by atoms with Crippen LogP contribution in [0.2, 0.25) is 0 Å². The summed E-state index contributed by atoms with van der Waals surface area (Å²) in [4.78, 5) is 27.2. The Morgan fingerprint density at radius 2 is 1.92 bits per heavy atom. The second-order valence-corrected chi connectivity index (χ2v) is 11.0. The number of anilines is 2. The molecular weight excluding hydrogens is 470 g/mol. The third kappa shape index (κ3) is 3.83. The molecule has 2 aromatic carbocycles. The maximum absolute atomic E-state index is 13.1. The Hall–Kier alpha value is -3.30. The molecule has 2 aromatic rings. The van der Waals surface area contributed by atoms with E-state index in [-0.39, 0.29) is 18.0 Å². The molecule has 37 heavy (non-hydrogen) atoms. The van der Waals surface area contributed by atoms with Crippen LogP contribution in [0.5, 0.6) is 11.5 Å². The van der Waals surface area contributed by atoms with E-state index >= 15 is 0 Å². The SMILES string of the molecule is COc1ccc2c(c1)[C@]1(C[C@H]1C1CCC3C(C1)NNC3Nc1cc(C(=O)N(C)C)ccc1OC)C(=O)N2. The van der Waals surface area contributed by atoms with Gasteiger partial charge in [0.15, 0.2) is 0 Å². The van der Waals surface area contributed by atoms with Crippen molar-refractivity contribution in [1.82, 2.24) is 15.8 Å². The first kappa shape index (κ1) is 24.1. The number of carbonyl (C=O) groups excluding carboxylic acids is 2. The van der Waals surface area contributed by atoms with E-state index in [1.165, 1.54) is 0 Å². The van der Waals surface area contributed by atoms with Gasteiger partial charge < -0.3 is 25.0 Å². The monoisotopic (exact) mass is 505 g/mol. The van der Waals surface area contributed by atoms with Gasteiger partial charge in [0.2, 0.25) is 5.91 Å². The first-order valence-electron chi connectivity index (χ1n) is 13.0. The third-order valence-electron chi connectivity index (χ3n) is 8.90. The Bertz CT molecular complexity index is 1250. The molecule has 2 aliphatic carbocycles. The second-order valence-electron chi connectivity index (χ2n) is 11.0. The lowest BCUT2D eigenvalue weighted by Gasteiger charge is -2.34. The highest BCUT2D eigenvalue weighted by molar-refractivity contribution is 6.09. The normalized spacial score (nSPS) is 31.4. The van der Waals surface area contributed by atoms with Crippen molar-refractivity contribution in [3.8, 4) is 11.5 Å². The minimum atomic E-state index is -0.405. The van der Waals surface area contributed by atoms with Crippen LogP contribution < -0.4 is 31.0 Å². The molecule has 1 saturated heterocycles. The smallest absolute Gasteiger partial charge is 0.253 e. The Morgan fingerprint density at radius 3 is 2.68 bits per heavy atom. The third-order valence-corrected chi connectivity index (χ3v) is 8.90. The molecule has 1 spiro atoms. The van der Waals surface area contributed by atoms with E-state index in [1.807, 2.05) is 30.3 Å². The van der Waals surface area contributed by atoms with Crippen LogP contribution in [0.4, 0.5) is 11.4 Å². The lowest BCUT2D eigenvalue weighted by atomic mass is 9.74. The summed E-state index contributed by atoms with van der Waals surface area (Å²) >= 11 is 0. The van der Waals surface area contributed by atoms with E-state index in [2.05, 4.69) is 21.5 Å². The molecular formula is C28H35N5O4. The van der Waals surface area contributed by atoms with Crippen molar-refractivity contribution in [2.24, 2.45) is 17.8 Å². The molecule has 196 valence electrons. The number of hydrogen-bond donors (Lipinski definition) is 4. The predicted molar refractivity (Wildman–Crippen MR) is 141 cm³/mol. The molecule has 6 rings (SSSR count). The van der Waals surface area contributed by atoms with Crippen molar-refractivity contribution in [3.63, 3.8) is 0 Å². The van der Waals surface area contributed by atoms with Crippen LogP contribution in [-0.2, 0) is 10.2 Å². The number of nitrogens with one attached hydrogen (secondary N) is 4. The summed E-state index contributed by atoms with van der Waals surface area (Å²) in [5.74, 6) is 2.81. The molecule has 3 fully saturated rings. The fraction of sp³-hybridized carbons (Fsp3) is 0.500. The zero-order valence-electron chi connectivity index (χ0n) is 21.8. The summed E-state index contributed by atoms with van der Waals surface area (Å²) in [5, 5.41) is 6.70. The molecule has 2 aliphatic heterocycles. The lowest BCUT2D eigenvalue weighted by molar-refractivity contribution is -0.118. The number of rotatable bonds is 6. The maximum Gasteiger partial charge on any atom is 0.253 e. The molecule has 0 aromatic heterocycles. The van der Waals surface area contributed by atoms with Gasteiger partial charge in [-0.15, -0.1) is 0 Å². The van der Waals surface area contributed by atoms with Crippen LogP contribution in [0.25, 0.3) is 0 Å². The highest BCUT2D eigenvalue weighted by Gasteiger charge is 2.67. The molecule has 4 N–H and O–H groups in total. The van der Waals surface area contributed by atoms with Gasteiger partial charge >= 0.3 is 0 Å². The van der Waals surface area contributed by atoms with E-state index in [1.54, 1.807) is 39.3 Å². The highest BCUT2D eigenvalue weighted by atomic mass is 16.5. The summed E-state index contributed by atoms with van der Waals surface area (Å²) in [5.41, 5.74) is 9.99. The summed E-state index contributed by atoms with van der Waals surface area (Å²) < 4.78 is 11.0. The zero-order chi connectivity index (χ0) is 25.9. The van der Waals surface area contributed by atoms with Gasteiger partial charge in [-0.3, -0.25) is 15.0 Å². The minimum Gasteiger partial charge on any atom is -0.497 e. The molecule has 2 amide bonds. The summed E-state index contributed by atoms with van der Waals surface area (Å²) in [6.45, 7) is 0. The predicted octanol–water partition coefficient (Wildman–Crippen LogP) is 2.95. The van der Waals surface area contributed by atoms with Gasteiger partial charge in [0.05, 0.1) is 31.5 Å². The van der Waals surface area contributed by atoms with Gasteiger partial charge in [-0.05, 0) is 79.5 Å². The molecule has 4 aliphatic rings. The number of methoxy groups -OCH3 is 2. The molecule has 9 nitrogen and oxygen atoms in total. The van der Waals surface area contributed by atoms with E-state index in [0.29, 0.717) is 35.1 Å². The van der Waals surface area contributed by atoms with Crippen molar-refractivity contribution in [1.29, 1.82) is 0 Å². The van der Waals surface area contributed by atoms with Crippen LogP contribution in [0.3, 0.4) is 0 Å². The molecule has 6 atom stereocenters. The first-order chi connectivity index (χ1) is 17.8. The van der Waals surface area contributed by atoms with Crippen LogP contribution in [0, 0.1) is 17.8 Å². The second kappa shape index (κ2) is 8.92. The summed E-state index contributed by atoms with van der Waals surface area (Å²) in [6.07, 6.45) is 4.06. The number of fused-ring (bicyclic) bond motifs is 3. The average Bonchev–Trinajstić information content (AvgIpc) is 3.46. The summed E-state index contributed by atoms with van der Waals surface area (Å²) in [7, 11) is 6.80. The molecule has 2 saturated carbocycles. The van der Waals surface area contributed by atoms with Crippen LogP contribution in [-0.4, -0.2) is 57.2 Å². The lowest BCUT2D eigenvalue weighted by Crippen LogP contribution is -2.39. The minimum absolute atomic E-state index is 0.0116. The number of nitrogens with zero attached hydrogens (tertiary/aromatic N) is 1. The van der Waals surface area contributed by atoms with Crippen molar-refractivity contribution in [2.75, 3.05) is 38.9 Å². The molecule has 9 heteroatoms. The van der Waals surface area contributed by atoms with E-state index in [9.17, 15) is 9.59 Å². The number of carbonyl (C=O) groups is 2. The largest absolute Gasteiger partial charge is 0.497 e. The van der Waals surface area contributed by atoms with Crippen LogP contribution in [0.1, 0.15) is 41.6 Å². The van der Waals surface area contributed by atoms with Gasteiger partial charge in [-0.2, -0.15) is 0 Å². The molecule has 2 heterocycles. The van der Waals surface area contributed by atoms with Crippen LogP contribution >= 0.6 is 0 Å². The number of amides is 2. The topological polar surface area (TPSA) is 104 Å². The molecule has 4 unspecified atom stereocenters. The first-order valence-corrected chi connectivity index (χ1v) is 13.0. The highest BCUT2D eigenvalue weighted by Crippen LogP contribution is 2.65. The number of hydrazine groups is 1. The van der Waals surface area contributed by atoms with Gasteiger partial charge in [0, 0.05) is 37.3 Å². The fourth-order valence-corrected chi connectivity index (χ4v) is 6.90. The standard InChI is InChI=1S/C28H35N5O4/c1-33(2)26(34)16-6-10-24(37-4)23(12-16)29-25-18-8-5-15(11-22(18)31-32-25)20-14-28(20)19-13-17(36-3)7-9-21(19)30-27(28)35/h6-7,9-10,12-13,15,18,20,22,25,29,31-32H,5,8,11,14H2,1-4H3,(H,30,35)/t15?,18?,20-,22?,25?,28-/m0/s1. The molecule has 0 radical (unpaired) electrons. The fourth-order valence-electron chi connectivity index (χ4n) is 6.90. The van der Waals surface area contributed by atoms with E-state index in [4.69, 9.17) is 9.47 Å². The number of benzene rings is 2. The van der Waals surface area contributed by atoms with Gasteiger partial charge in [-0.1, -0.05) is 0 Å². The van der Waals surface area contributed by atoms with Crippen molar-refractivity contribution < 1.29 is 19.1 Å². The Kier molecular flexibility index (Phi) is 5.80. The van der Waals surface area contributed by atoms with Crippen molar-refractivity contribution >= 4 is 23.2 Å². The zero-order valence-corrected chi connectivity index (χ0v) is 21.8. The number of ether oxygens (including phenoxy) is 2. The molecule has 0 bridgehead atoms. The average molecular weight is 506 g/mol. The Morgan fingerprint density at radius 1 is 1.08 bits per heavy atom. The number of hydrogen-bond acceptors (Lipinski definition) is 7. The maximum atomic E-state index is 13.1. The Labute approximate surface area is 217 Å². The van der Waals surface area contributed by atoms with Crippen molar-refractivity contribution in [3.05, 3.63) is 47.5 Å². The van der Waals surface area contributed by atoms with Gasteiger partial charge in [0.25, 0.3) is 5.91 Å². The Balaban J connectivity index is 1.15. The van der Waals surface area contributed by atoms with Gasteiger partial charge in [0.1, 0.15) is 11.5 Å². The van der Waals surface area contributed by atoms with Crippen LogP contribution in [0.15, 0.2) is 36.4 Å². The summed E-state index contributed by atoms with van der Waals surface area (Å²) in [6, 6.07) is 11.7. The quantitative estimate of drug-likeness (QED) is 0.479.